The standard InChI is InChI=1S/C10H20N2O3S/c13-10-7-9(8-10)11-16(14,15)12-5-3-1-2-4-6-12/h9-11,13H,1-8H2. The molecule has 0 aromatic heterocycles. The fourth-order valence-electron chi connectivity index (χ4n) is 2.25. The summed E-state index contributed by atoms with van der Waals surface area (Å²) in [6.45, 7) is 1.26. The summed E-state index contributed by atoms with van der Waals surface area (Å²) in [6.07, 6.45) is 4.92. The summed E-state index contributed by atoms with van der Waals surface area (Å²) in [5.41, 5.74) is 0. The molecule has 2 fully saturated rings. The van der Waals surface area contributed by atoms with Crippen LogP contribution < -0.4 is 4.72 Å². The van der Waals surface area contributed by atoms with Crippen molar-refractivity contribution in [3.05, 3.63) is 0 Å². The Morgan fingerprint density at radius 2 is 1.62 bits per heavy atom. The number of hydrogen-bond donors (Lipinski definition) is 2. The van der Waals surface area contributed by atoms with E-state index < -0.39 is 10.2 Å². The van der Waals surface area contributed by atoms with Crippen LogP contribution in [0.25, 0.3) is 0 Å². The van der Waals surface area contributed by atoms with Crippen molar-refractivity contribution in [3.63, 3.8) is 0 Å². The minimum absolute atomic E-state index is 0.0664. The molecule has 0 unspecified atom stereocenters. The molecule has 1 saturated heterocycles. The van der Waals surface area contributed by atoms with E-state index in [1.165, 1.54) is 0 Å². The topological polar surface area (TPSA) is 69.6 Å². The van der Waals surface area contributed by atoms with Crippen LogP contribution in [0.5, 0.6) is 0 Å². The van der Waals surface area contributed by atoms with E-state index in [9.17, 15) is 8.42 Å². The molecule has 16 heavy (non-hydrogen) atoms. The van der Waals surface area contributed by atoms with Gasteiger partial charge in [0.2, 0.25) is 0 Å². The highest BCUT2D eigenvalue weighted by molar-refractivity contribution is 7.87. The maximum absolute atomic E-state index is 12.0. The van der Waals surface area contributed by atoms with E-state index in [1.54, 1.807) is 4.31 Å². The third kappa shape index (κ3) is 2.94. The number of aliphatic hydroxyl groups excluding tert-OH is 1. The van der Waals surface area contributed by atoms with Crippen LogP contribution in [0.4, 0.5) is 0 Å². The van der Waals surface area contributed by atoms with Crippen molar-refractivity contribution in [1.82, 2.24) is 9.03 Å². The van der Waals surface area contributed by atoms with Crippen LogP contribution in [0, 0.1) is 0 Å². The molecule has 0 radical (unpaired) electrons. The molecular formula is C10H20N2O3S. The van der Waals surface area contributed by atoms with Crippen molar-refractivity contribution < 1.29 is 13.5 Å². The zero-order valence-electron chi connectivity index (χ0n) is 9.43. The monoisotopic (exact) mass is 248 g/mol. The average molecular weight is 248 g/mol. The quantitative estimate of drug-likeness (QED) is 0.750. The molecule has 6 heteroatoms. The van der Waals surface area contributed by atoms with Crippen molar-refractivity contribution in [2.75, 3.05) is 13.1 Å². The Bertz CT molecular complexity index is 317. The van der Waals surface area contributed by atoms with Gasteiger partial charge in [-0.25, -0.2) is 0 Å². The maximum Gasteiger partial charge on any atom is 0.279 e. The summed E-state index contributed by atoms with van der Waals surface area (Å²) in [6, 6.07) is -0.0664. The van der Waals surface area contributed by atoms with Gasteiger partial charge in [-0.2, -0.15) is 17.4 Å². The van der Waals surface area contributed by atoms with Gasteiger partial charge in [0, 0.05) is 19.1 Å². The lowest BCUT2D eigenvalue weighted by Crippen LogP contribution is -2.51. The van der Waals surface area contributed by atoms with E-state index in [0.29, 0.717) is 25.9 Å². The Kier molecular flexibility index (Phi) is 3.84. The highest BCUT2D eigenvalue weighted by Gasteiger charge is 2.33. The van der Waals surface area contributed by atoms with E-state index in [1.807, 2.05) is 0 Å². The van der Waals surface area contributed by atoms with Crippen LogP contribution in [-0.4, -0.2) is 43.1 Å². The Morgan fingerprint density at radius 3 is 2.12 bits per heavy atom. The first kappa shape index (κ1) is 12.3. The second kappa shape index (κ2) is 5.00. The van der Waals surface area contributed by atoms with Gasteiger partial charge in [-0.3, -0.25) is 0 Å². The number of rotatable bonds is 3. The molecule has 1 aliphatic heterocycles. The summed E-state index contributed by atoms with van der Waals surface area (Å²) in [4.78, 5) is 0. The molecule has 0 spiro atoms. The van der Waals surface area contributed by atoms with Crippen molar-refractivity contribution in [3.8, 4) is 0 Å². The molecule has 1 aliphatic carbocycles. The van der Waals surface area contributed by atoms with Crippen LogP contribution >= 0.6 is 0 Å². The number of aliphatic hydroxyl groups is 1. The summed E-state index contributed by atoms with van der Waals surface area (Å²) < 4.78 is 28.2. The molecular weight excluding hydrogens is 228 g/mol. The van der Waals surface area contributed by atoms with Gasteiger partial charge in [-0.15, -0.1) is 0 Å². The van der Waals surface area contributed by atoms with Crippen LogP contribution in [0.3, 0.4) is 0 Å². The minimum atomic E-state index is -3.32. The fraction of sp³-hybridized carbons (Fsp3) is 1.00. The van der Waals surface area contributed by atoms with Crippen LogP contribution in [-0.2, 0) is 10.2 Å². The number of nitrogens with one attached hydrogen (secondary N) is 1. The van der Waals surface area contributed by atoms with Crippen LogP contribution in [0.15, 0.2) is 0 Å². The Balaban J connectivity index is 1.89. The lowest BCUT2D eigenvalue weighted by Gasteiger charge is -2.33. The zero-order chi connectivity index (χ0) is 11.6. The van der Waals surface area contributed by atoms with E-state index in [4.69, 9.17) is 5.11 Å². The van der Waals surface area contributed by atoms with Gasteiger partial charge >= 0.3 is 0 Å². The van der Waals surface area contributed by atoms with E-state index >= 15 is 0 Å². The minimum Gasteiger partial charge on any atom is -0.393 e. The molecule has 0 aromatic carbocycles. The summed E-state index contributed by atoms with van der Waals surface area (Å²) in [5, 5.41) is 9.12. The summed E-state index contributed by atoms with van der Waals surface area (Å²) in [7, 11) is -3.32. The van der Waals surface area contributed by atoms with Crippen molar-refractivity contribution in [2.24, 2.45) is 0 Å². The van der Waals surface area contributed by atoms with Gasteiger partial charge < -0.3 is 5.11 Å². The molecule has 2 aliphatic rings. The Hall–Kier alpha value is -0.170. The maximum atomic E-state index is 12.0. The van der Waals surface area contributed by atoms with Gasteiger partial charge in [-0.1, -0.05) is 12.8 Å². The van der Waals surface area contributed by atoms with Gasteiger partial charge in [0.25, 0.3) is 10.2 Å². The summed E-state index contributed by atoms with van der Waals surface area (Å²) in [5.74, 6) is 0. The molecule has 1 saturated carbocycles. The highest BCUT2D eigenvalue weighted by atomic mass is 32.2. The first-order valence-electron chi connectivity index (χ1n) is 6.03. The lowest BCUT2D eigenvalue weighted by atomic mass is 9.91. The highest BCUT2D eigenvalue weighted by Crippen LogP contribution is 2.21. The second-order valence-electron chi connectivity index (χ2n) is 4.76. The fourth-order valence-corrected chi connectivity index (χ4v) is 3.75. The molecule has 5 nitrogen and oxygen atoms in total. The smallest absolute Gasteiger partial charge is 0.279 e. The predicted molar refractivity (Wildman–Crippen MR) is 61.1 cm³/mol. The molecule has 0 atom stereocenters. The van der Waals surface area contributed by atoms with Crippen molar-refractivity contribution >= 4 is 10.2 Å². The molecule has 94 valence electrons. The average Bonchev–Trinajstić information content (AvgIpc) is 2.43. The molecule has 0 amide bonds. The van der Waals surface area contributed by atoms with E-state index in [-0.39, 0.29) is 12.1 Å². The Labute approximate surface area is 97.0 Å². The van der Waals surface area contributed by atoms with Crippen molar-refractivity contribution in [2.45, 2.75) is 50.7 Å². The number of nitrogens with zero attached hydrogens (tertiary/aromatic N) is 1. The van der Waals surface area contributed by atoms with Crippen molar-refractivity contribution in [1.29, 1.82) is 0 Å². The Morgan fingerprint density at radius 1 is 1.06 bits per heavy atom. The normalized spacial score (nSPS) is 33.1. The first-order chi connectivity index (χ1) is 7.58. The van der Waals surface area contributed by atoms with Crippen LogP contribution in [0.1, 0.15) is 38.5 Å². The van der Waals surface area contributed by atoms with Gasteiger partial charge in [-0.05, 0) is 25.7 Å². The SMILES string of the molecule is O=S(=O)(NC1CC(O)C1)N1CCCCCC1. The molecule has 1 heterocycles. The zero-order valence-corrected chi connectivity index (χ0v) is 10.2. The van der Waals surface area contributed by atoms with Gasteiger partial charge in [0.1, 0.15) is 0 Å². The third-order valence-corrected chi connectivity index (χ3v) is 5.01. The molecule has 2 N–H and O–H groups in total. The molecule has 0 bridgehead atoms. The van der Waals surface area contributed by atoms with Crippen LogP contribution in [0.2, 0.25) is 0 Å². The van der Waals surface area contributed by atoms with Gasteiger partial charge in [0.15, 0.2) is 0 Å². The van der Waals surface area contributed by atoms with Gasteiger partial charge in [0.05, 0.1) is 6.10 Å². The van der Waals surface area contributed by atoms with E-state index in [0.717, 1.165) is 25.7 Å². The molecule has 0 aromatic rings. The molecule has 2 rings (SSSR count). The first-order valence-corrected chi connectivity index (χ1v) is 7.47. The number of hydrogen-bond acceptors (Lipinski definition) is 3. The predicted octanol–water partition coefficient (Wildman–Crippen LogP) is 0.220. The third-order valence-electron chi connectivity index (χ3n) is 3.33. The summed E-state index contributed by atoms with van der Waals surface area (Å²) >= 11 is 0. The second-order valence-corrected chi connectivity index (χ2v) is 6.46. The van der Waals surface area contributed by atoms with E-state index in [2.05, 4.69) is 4.72 Å². The lowest BCUT2D eigenvalue weighted by molar-refractivity contribution is 0.0705. The largest absolute Gasteiger partial charge is 0.393 e.